The Morgan fingerprint density at radius 1 is 0.262 bits per heavy atom. The molecule has 0 atom stereocenters. The molecule has 0 amide bonds. The lowest BCUT2D eigenvalue weighted by atomic mass is 9.86. The summed E-state index contributed by atoms with van der Waals surface area (Å²) in [5, 5.41) is 7.50. The van der Waals surface area contributed by atoms with Crippen molar-refractivity contribution < 1.29 is 0 Å². The van der Waals surface area contributed by atoms with Gasteiger partial charge in [0.15, 0.2) is 0 Å². The van der Waals surface area contributed by atoms with Gasteiger partial charge in [-0.3, -0.25) is 0 Å². The third-order valence-corrected chi connectivity index (χ3v) is 12.8. The number of benzene rings is 9. The van der Waals surface area contributed by atoms with Crippen molar-refractivity contribution in [3.05, 3.63) is 212 Å². The molecule has 0 spiro atoms. The Labute approximate surface area is 355 Å². The Kier molecular flexibility index (Phi) is 7.79. The second-order valence-electron chi connectivity index (χ2n) is 17.4. The van der Waals surface area contributed by atoms with Crippen LogP contribution in [0.1, 0.15) is 26.3 Å². The number of para-hydroxylation sites is 3. The molecule has 0 aliphatic carbocycles. The van der Waals surface area contributed by atoms with E-state index in [9.17, 15) is 0 Å². The summed E-state index contributed by atoms with van der Waals surface area (Å²) < 4.78 is 7.34. The summed E-state index contributed by atoms with van der Waals surface area (Å²) in [5.41, 5.74) is 16.8. The fourth-order valence-corrected chi connectivity index (χ4v) is 9.81. The highest BCUT2D eigenvalue weighted by Crippen LogP contribution is 2.41. The summed E-state index contributed by atoms with van der Waals surface area (Å²) in [6, 6.07) is 76.1. The van der Waals surface area contributed by atoms with Crippen LogP contribution < -0.4 is 0 Å². The van der Waals surface area contributed by atoms with Crippen LogP contribution in [0, 0.1) is 0 Å². The number of fused-ring (bicyclic) bond motifs is 9. The maximum atomic E-state index is 2.46. The van der Waals surface area contributed by atoms with Gasteiger partial charge in [0.25, 0.3) is 0 Å². The zero-order chi connectivity index (χ0) is 40.8. The molecule has 0 unspecified atom stereocenters. The van der Waals surface area contributed by atoms with E-state index in [0.717, 1.165) is 17.1 Å². The molecule has 0 aliphatic rings. The maximum Gasteiger partial charge on any atom is 0.0542 e. The van der Waals surface area contributed by atoms with Crippen LogP contribution in [0.15, 0.2) is 206 Å². The van der Waals surface area contributed by atoms with Gasteiger partial charge in [-0.25, -0.2) is 0 Å². The molecule has 290 valence electrons. The lowest BCUT2D eigenvalue weighted by Gasteiger charge is -2.19. The molecular weight excluding hydrogens is 739 g/mol. The minimum absolute atomic E-state index is 0.0498. The fourth-order valence-electron chi connectivity index (χ4n) is 9.81. The molecule has 61 heavy (non-hydrogen) atoms. The molecule has 0 radical (unpaired) electrons. The average molecular weight is 782 g/mol. The number of nitrogens with zero attached hydrogens (tertiary/aromatic N) is 3. The SMILES string of the molecule is CC(C)(C)c1ccc2c(c1)c1ccccc1n2-c1ccc2c(c1)c1cc(-n3c4ccccc4c4ccccc43)ccc1n2-c1cccc(-c2cccc(-c3ccccc3)c2)c1. The van der Waals surface area contributed by atoms with E-state index in [0.29, 0.717) is 0 Å². The van der Waals surface area contributed by atoms with Gasteiger partial charge < -0.3 is 13.7 Å². The first-order valence-corrected chi connectivity index (χ1v) is 21.3. The largest absolute Gasteiger partial charge is 0.309 e. The molecule has 3 nitrogen and oxygen atoms in total. The van der Waals surface area contributed by atoms with Crippen molar-refractivity contribution in [1.82, 2.24) is 13.7 Å². The Morgan fingerprint density at radius 3 is 1.18 bits per heavy atom. The van der Waals surface area contributed by atoms with Crippen molar-refractivity contribution >= 4 is 65.4 Å². The van der Waals surface area contributed by atoms with Crippen molar-refractivity contribution in [3.8, 4) is 39.3 Å². The van der Waals surface area contributed by atoms with E-state index >= 15 is 0 Å². The summed E-state index contributed by atoms with van der Waals surface area (Å²) in [7, 11) is 0. The van der Waals surface area contributed by atoms with E-state index in [-0.39, 0.29) is 5.41 Å². The average Bonchev–Trinajstić information content (AvgIpc) is 3.94. The van der Waals surface area contributed by atoms with Crippen LogP contribution >= 0.6 is 0 Å². The summed E-state index contributed by atoms with van der Waals surface area (Å²) in [6.07, 6.45) is 0. The highest BCUT2D eigenvalue weighted by molar-refractivity contribution is 6.14. The number of aromatic nitrogens is 3. The maximum absolute atomic E-state index is 2.46. The zero-order valence-corrected chi connectivity index (χ0v) is 34.5. The predicted molar refractivity (Wildman–Crippen MR) is 259 cm³/mol. The Morgan fingerprint density at radius 2 is 0.639 bits per heavy atom. The van der Waals surface area contributed by atoms with E-state index < -0.39 is 0 Å². The third kappa shape index (κ3) is 5.58. The van der Waals surface area contributed by atoms with Gasteiger partial charge in [0, 0.05) is 49.4 Å². The first-order chi connectivity index (χ1) is 29.9. The molecule has 0 N–H and O–H groups in total. The molecule has 0 aliphatic heterocycles. The van der Waals surface area contributed by atoms with E-state index in [2.05, 4.69) is 241 Å². The van der Waals surface area contributed by atoms with Crippen molar-refractivity contribution in [2.75, 3.05) is 0 Å². The molecule has 3 heterocycles. The second kappa shape index (κ2) is 13.5. The number of hydrogen-bond acceptors (Lipinski definition) is 0. The van der Waals surface area contributed by atoms with Crippen LogP contribution in [0.2, 0.25) is 0 Å². The van der Waals surface area contributed by atoms with Gasteiger partial charge in [0.1, 0.15) is 0 Å². The normalized spacial score (nSPS) is 12.2. The fraction of sp³-hybridized carbons (Fsp3) is 0.0690. The lowest BCUT2D eigenvalue weighted by Crippen LogP contribution is -2.10. The quantitative estimate of drug-likeness (QED) is 0.165. The van der Waals surface area contributed by atoms with E-state index in [1.54, 1.807) is 0 Å². The van der Waals surface area contributed by atoms with Crippen molar-refractivity contribution in [2.45, 2.75) is 26.2 Å². The van der Waals surface area contributed by atoms with Crippen LogP contribution in [0.3, 0.4) is 0 Å². The first-order valence-electron chi connectivity index (χ1n) is 21.3. The molecular formula is C58H43N3. The predicted octanol–water partition coefficient (Wildman–Crippen LogP) is 15.6. The van der Waals surface area contributed by atoms with Gasteiger partial charge in [0.2, 0.25) is 0 Å². The molecule has 12 aromatic rings. The molecule has 3 heteroatoms. The topological polar surface area (TPSA) is 14.8 Å². The van der Waals surface area contributed by atoms with Crippen molar-refractivity contribution in [2.24, 2.45) is 0 Å². The monoisotopic (exact) mass is 781 g/mol. The molecule has 9 aromatic carbocycles. The molecule has 12 rings (SSSR count). The van der Waals surface area contributed by atoms with E-state index in [1.165, 1.54) is 93.2 Å². The molecule has 0 bridgehead atoms. The Bertz CT molecular complexity index is 3630. The minimum atomic E-state index is 0.0498. The van der Waals surface area contributed by atoms with Gasteiger partial charge in [-0.15, -0.1) is 0 Å². The van der Waals surface area contributed by atoms with Gasteiger partial charge in [0.05, 0.1) is 33.1 Å². The summed E-state index contributed by atoms with van der Waals surface area (Å²) in [6.45, 7) is 6.88. The smallest absolute Gasteiger partial charge is 0.0542 e. The second-order valence-corrected chi connectivity index (χ2v) is 17.4. The lowest BCUT2D eigenvalue weighted by molar-refractivity contribution is 0.591. The van der Waals surface area contributed by atoms with Crippen LogP contribution in [0.5, 0.6) is 0 Å². The van der Waals surface area contributed by atoms with Gasteiger partial charge >= 0.3 is 0 Å². The highest BCUT2D eigenvalue weighted by atomic mass is 15.0. The molecule has 0 fully saturated rings. The third-order valence-electron chi connectivity index (χ3n) is 12.8. The molecule has 3 aromatic heterocycles. The first kappa shape index (κ1) is 35.3. The van der Waals surface area contributed by atoms with Gasteiger partial charge in [-0.05, 0) is 118 Å². The van der Waals surface area contributed by atoms with Crippen LogP contribution in [0.25, 0.3) is 105 Å². The highest BCUT2D eigenvalue weighted by Gasteiger charge is 2.21. The molecule has 0 saturated carbocycles. The zero-order valence-electron chi connectivity index (χ0n) is 34.5. The summed E-state index contributed by atoms with van der Waals surface area (Å²) in [4.78, 5) is 0. The van der Waals surface area contributed by atoms with E-state index in [4.69, 9.17) is 0 Å². The van der Waals surface area contributed by atoms with Crippen molar-refractivity contribution in [1.29, 1.82) is 0 Å². The standard InChI is InChI=1S/C58H43N3/c1-58(2,3)42-27-30-55-49(35-42)48-23-9-12-26-54(48)61(55)45-29-32-57-51(37-45)50-36-44(60-52-24-10-7-21-46(52)47-22-8-11-25-53(47)60)28-31-56(50)59(57)43-20-14-19-41(34-43)40-18-13-17-39(33-40)38-15-5-4-6-16-38/h4-37H,1-3H3. The Hall–Kier alpha value is -7.62. The van der Waals surface area contributed by atoms with Gasteiger partial charge in [-0.2, -0.15) is 0 Å². The minimum Gasteiger partial charge on any atom is -0.309 e. The number of rotatable bonds is 5. The molecule has 0 saturated heterocycles. The number of hydrogen-bond donors (Lipinski definition) is 0. The van der Waals surface area contributed by atoms with Crippen molar-refractivity contribution in [3.63, 3.8) is 0 Å². The van der Waals surface area contributed by atoms with Crippen LogP contribution in [-0.2, 0) is 5.41 Å². The van der Waals surface area contributed by atoms with Gasteiger partial charge in [-0.1, -0.05) is 142 Å². The Balaban J connectivity index is 1.11. The van der Waals surface area contributed by atoms with Crippen LogP contribution in [-0.4, -0.2) is 13.7 Å². The van der Waals surface area contributed by atoms with Crippen LogP contribution in [0.4, 0.5) is 0 Å². The summed E-state index contributed by atoms with van der Waals surface area (Å²) >= 11 is 0. The van der Waals surface area contributed by atoms with E-state index in [1.807, 2.05) is 0 Å². The summed E-state index contributed by atoms with van der Waals surface area (Å²) in [5.74, 6) is 0.